The van der Waals surface area contributed by atoms with Crippen molar-refractivity contribution in [3.8, 4) is 11.6 Å². The highest BCUT2D eigenvalue weighted by atomic mass is 19.1. The van der Waals surface area contributed by atoms with Crippen LogP contribution in [0.4, 0.5) is 4.39 Å². The molecule has 0 aliphatic rings. The van der Waals surface area contributed by atoms with Crippen LogP contribution in [-0.2, 0) is 6.54 Å². The third kappa shape index (κ3) is 4.63. The summed E-state index contributed by atoms with van der Waals surface area (Å²) >= 11 is 0. The number of hydrogen-bond donors (Lipinski definition) is 1. The number of nitrogens with zero attached hydrogens (tertiary/aromatic N) is 1. The Balaban J connectivity index is 1.99. The van der Waals surface area contributed by atoms with Crippen LogP contribution in [0.25, 0.3) is 0 Å². The molecular weight excluding hydrogens is 255 g/mol. The number of nitrogens with one attached hydrogen (secondary N) is 1. The number of pyridine rings is 1. The minimum Gasteiger partial charge on any atom is -0.439 e. The summed E-state index contributed by atoms with van der Waals surface area (Å²) in [6, 6.07) is 9.83. The third-order valence-corrected chi connectivity index (χ3v) is 2.70. The maximum absolute atomic E-state index is 13.1. The van der Waals surface area contributed by atoms with Crippen LogP contribution in [0.15, 0.2) is 42.6 Å². The summed E-state index contributed by atoms with van der Waals surface area (Å²) < 4.78 is 18.6. The lowest BCUT2D eigenvalue weighted by Gasteiger charge is -2.09. The average Bonchev–Trinajstić information content (AvgIpc) is 2.39. The van der Waals surface area contributed by atoms with E-state index in [4.69, 9.17) is 4.74 Å². The van der Waals surface area contributed by atoms with Gasteiger partial charge in [-0.1, -0.05) is 19.9 Å². The van der Waals surface area contributed by atoms with Crippen LogP contribution in [-0.4, -0.2) is 11.5 Å². The molecule has 0 unspecified atom stereocenters. The largest absolute Gasteiger partial charge is 0.439 e. The first-order valence-electron chi connectivity index (χ1n) is 6.72. The van der Waals surface area contributed by atoms with Gasteiger partial charge in [0.15, 0.2) is 0 Å². The van der Waals surface area contributed by atoms with E-state index in [0.29, 0.717) is 17.5 Å². The quantitative estimate of drug-likeness (QED) is 0.871. The van der Waals surface area contributed by atoms with Crippen LogP contribution in [0.1, 0.15) is 19.4 Å². The van der Waals surface area contributed by atoms with Gasteiger partial charge in [0.1, 0.15) is 11.6 Å². The molecule has 0 aliphatic carbocycles. The van der Waals surface area contributed by atoms with Crippen molar-refractivity contribution in [1.82, 2.24) is 10.3 Å². The first-order chi connectivity index (χ1) is 9.63. The van der Waals surface area contributed by atoms with E-state index in [9.17, 15) is 4.39 Å². The number of ether oxygens (including phenoxy) is 1. The summed E-state index contributed by atoms with van der Waals surface area (Å²) in [4.78, 5) is 4.14. The summed E-state index contributed by atoms with van der Waals surface area (Å²) in [7, 11) is 0. The lowest BCUT2D eigenvalue weighted by atomic mass is 10.2. The molecule has 2 rings (SSSR count). The van der Waals surface area contributed by atoms with Crippen LogP contribution < -0.4 is 10.1 Å². The second-order valence-corrected chi connectivity index (χ2v) is 5.09. The number of hydrogen-bond acceptors (Lipinski definition) is 3. The maximum atomic E-state index is 13.1. The summed E-state index contributed by atoms with van der Waals surface area (Å²) in [5, 5.41) is 3.36. The molecule has 1 aromatic heterocycles. The molecule has 0 saturated heterocycles. The fourth-order valence-corrected chi connectivity index (χ4v) is 1.77. The van der Waals surface area contributed by atoms with E-state index in [2.05, 4.69) is 24.1 Å². The maximum Gasteiger partial charge on any atom is 0.219 e. The van der Waals surface area contributed by atoms with Gasteiger partial charge in [-0.25, -0.2) is 9.37 Å². The summed E-state index contributed by atoms with van der Waals surface area (Å²) in [6.07, 6.45) is 1.70. The zero-order valence-corrected chi connectivity index (χ0v) is 11.8. The van der Waals surface area contributed by atoms with E-state index >= 15 is 0 Å². The van der Waals surface area contributed by atoms with E-state index in [1.807, 2.05) is 12.1 Å². The van der Waals surface area contributed by atoms with E-state index in [0.717, 1.165) is 18.7 Å². The van der Waals surface area contributed by atoms with Gasteiger partial charge < -0.3 is 10.1 Å². The van der Waals surface area contributed by atoms with Gasteiger partial charge in [0.05, 0.1) is 0 Å². The highest BCUT2D eigenvalue weighted by Crippen LogP contribution is 2.20. The second-order valence-electron chi connectivity index (χ2n) is 5.09. The summed E-state index contributed by atoms with van der Waals surface area (Å²) in [5.74, 6) is 1.21. The Morgan fingerprint density at radius 2 is 2.10 bits per heavy atom. The molecule has 0 fully saturated rings. The van der Waals surface area contributed by atoms with Crippen LogP contribution in [0, 0.1) is 11.7 Å². The van der Waals surface area contributed by atoms with Crippen molar-refractivity contribution in [3.63, 3.8) is 0 Å². The first kappa shape index (κ1) is 14.5. The predicted octanol–water partition coefficient (Wildman–Crippen LogP) is 3.76. The van der Waals surface area contributed by atoms with Gasteiger partial charge in [-0.05, 0) is 36.2 Å². The molecular formula is C16H19FN2O. The van der Waals surface area contributed by atoms with Crippen LogP contribution in [0.3, 0.4) is 0 Å². The molecule has 0 bridgehead atoms. The average molecular weight is 274 g/mol. The van der Waals surface area contributed by atoms with Gasteiger partial charge >= 0.3 is 0 Å². The molecule has 0 saturated carbocycles. The number of benzene rings is 1. The Morgan fingerprint density at radius 1 is 1.25 bits per heavy atom. The van der Waals surface area contributed by atoms with E-state index < -0.39 is 0 Å². The molecule has 0 amide bonds. The Kier molecular flexibility index (Phi) is 5.07. The molecule has 1 N–H and O–H groups in total. The van der Waals surface area contributed by atoms with Crippen molar-refractivity contribution >= 4 is 0 Å². The van der Waals surface area contributed by atoms with Gasteiger partial charge in [-0.2, -0.15) is 0 Å². The van der Waals surface area contributed by atoms with Gasteiger partial charge in [-0.3, -0.25) is 0 Å². The van der Waals surface area contributed by atoms with E-state index in [-0.39, 0.29) is 5.82 Å². The lowest BCUT2D eigenvalue weighted by Crippen LogP contribution is -2.18. The van der Waals surface area contributed by atoms with Crippen LogP contribution in [0.2, 0.25) is 0 Å². The molecule has 4 heteroatoms. The highest BCUT2D eigenvalue weighted by molar-refractivity contribution is 5.29. The van der Waals surface area contributed by atoms with Gasteiger partial charge in [0.25, 0.3) is 0 Å². The summed E-state index contributed by atoms with van der Waals surface area (Å²) in [6.45, 7) is 6.05. The Hall–Kier alpha value is -1.94. The predicted molar refractivity (Wildman–Crippen MR) is 77.3 cm³/mol. The SMILES string of the molecule is CC(C)CNCc1ccnc(Oc2cccc(F)c2)c1. The molecule has 3 nitrogen and oxygen atoms in total. The number of halogens is 1. The van der Waals surface area contributed by atoms with Crippen molar-refractivity contribution in [2.24, 2.45) is 5.92 Å². The van der Waals surface area contributed by atoms with Crippen molar-refractivity contribution in [2.75, 3.05) is 6.54 Å². The van der Waals surface area contributed by atoms with Crippen molar-refractivity contribution in [1.29, 1.82) is 0 Å². The van der Waals surface area contributed by atoms with E-state index in [1.54, 1.807) is 18.3 Å². The normalized spacial score (nSPS) is 10.8. The molecule has 0 aliphatic heterocycles. The Morgan fingerprint density at radius 3 is 2.85 bits per heavy atom. The second kappa shape index (κ2) is 7.01. The van der Waals surface area contributed by atoms with Crippen molar-refractivity contribution in [2.45, 2.75) is 20.4 Å². The summed E-state index contributed by atoms with van der Waals surface area (Å²) in [5.41, 5.74) is 1.09. The molecule has 2 aromatic rings. The van der Waals surface area contributed by atoms with Gasteiger partial charge in [0, 0.05) is 24.9 Å². The van der Waals surface area contributed by atoms with Crippen LogP contribution >= 0.6 is 0 Å². The fourth-order valence-electron chi connectivity index (χ4n) is 1.77. The standard InChI is InChI=1S/C16H19FN2O/c1-12(2)10-18-11-13-6-7-19-16(8-13)20-15-5-3-4-14(17)9-15/h3-9,12,18H,10-11H2,1-2H3. The molecule has 20 heavy (non-hydrogen) atoms. The smallest absolute Gasteiger partial charge is 0.219 e. The van der Waals surface area contributed by atoms with Crippen molar-refractivity contribution in [3.05, 3.63) is 54.0 Å². The zero-order valence-electron chi connectivity index (χ0n) is 11.8. The third-order valence-electron chi connectivity index (χ3n) is 2.70. The number of aromatic nitrogens is 1. The van der Waals surface area contributed by atoms with Crippen LogP contribution in [0.5, 0.6) is 11.6 Å². The topological polar surface area (TPSA) is 34.2 Å². The monoisotopic (exact) mass is 274 g/mol. The Labute approximate surface area is 118 Å². The first-order valence-corrected chi connectivity index (χ1v) is 6.72. The molecule has 1 aromatic carbocycles. The lowest BCUT2D eigenvalue weighted by molar-refractivity contribution is 0.456. The molecule has 0 atom stereocenters. The molecule has 0 radical (unpaired) electrons. The minimum atomic E-state index is -0.322. The molecule has 106 valence electrons. The van der Waals surface area contributed by atoms with Crippen molar-refractivity contribution < 1.29 is 9.13 Å². The molecule has 1 heterocycles. The minimum absolute atomic E-state index is 0.322. The van der Waals surface area contributed by atoms with Gasteiger partial charge in [0.2, 0.25) is 5.88 Å². The zero-order chi connectivity index (χ0) is 14.4. The fraction of sp³-hybridized carbons (Fsp3) is 0.312. The Bertz CT molecular complexity index is 558. The van der Waals surface area contributed by atoms with E-state index in [1.165, 1.54) is 12.1 Å². The van der Waals surface area contributed by atoms with Gasteiger partial charge in [-0.15, -0.1) is 0 Å². The highest BCUT2D eigenvalue weighted by Gasteiger charge is 2.02. The number of rotatable bonds is 6. The molecule has 0 spiro atoms.